The van der Waals surface area contributed by atoms with Crippen molar-refractivity contribution in [3.8, 4) is 0 Å². The molecule has 0 radical (unpaired) electrons. The second kappa shape index (κ2) is 8.56. The van der Waals surface area contributed by atoms with Gasteiger partial charge >= 0.3 is 0 Å². The number of Topliss-reactive ketones (excluding diaryl/α,β-unsaturated/α-hetero) is 1. The van der Waals surface area contributed by atoms with Gasteiger partial charge in [0, 0.05) is 17.1 Å². The largest absolute Gasteiger partial charge is 0.507 e. The van der Waals surface area contributed by atoms with Gasteiger partial charge in [0.25, 0.3) is 11.7 Å². The minimum Gasteiger partial charge on any atom is -0.507 e. The topological polar surface area (TPSA) is 57.6 Å². The number of likely N-dealkylation sites (tertiary alicyclic amines) is 1. The van der Waals surface area contributed by atoms with Crippen molar-refractivity contribution in [2.45, 2.75) is 12.5 Å². The van der Waals surface area contributed by atoms with Gasteiger partial charge in [-0.15, -0.1) is 0 Å². The van der Waals surface area contributed by atoms with Crippen LogP contribution in [0.5, 0.6) is 0 Å². The number of benzene rings is 3. The molecule has 1 aliphatic heterocycles. The zero-order valence-electron chi connectivity index (χ0n) is 16.2. The van der Waals surface area contributed by atoms with Crippen LogP contribution in [0.1, 0.15) is 22.7 Å². The summed E-state index contributed by atoms with van der Waals surface area (Å²) in [6.07, 6.45) is 0.601. The lowest BCUT2D eigenvalue weighted by molar-refractivity contribution is -0.139. The van der Waals surface area contributed by atoms with Gasteiger partial charge in [0.1, 0.15) is 5.76 Å². The maximum Gasteiger partial charge on any atom is 0.295 e. The minimum atomic E-state index is -0.677. The molecule has 1 heterocycles. The summed E-state index contributed by atoms with van der Waals surface area (Å²) in [7, 11) is 0. The highest BCUT2D eigenvalue weighted by Gasteiger charge is 2.45. The van der Waals surface area contributed by atoms with E-state index in [1.54, 1.807) is 48.5 Å². The Labute approximate surface area is 180 Å². The molecule has 1 amide bonds. The second-order valence-corrected chi connectivity index (χ2v) is 7.58. The predicted octanol–water partition coefficient (Wildman–Crippen LogP) is 5.00. The van der Waals surface area contributed by atoms with Crippen LogP contribution < -0.4 is 0 Å². The number of rotatable bonds is 5. The zero-order valence-corrected chi connectivity index (χ0v) is 16.9. The van der Waals surface area contributed by atoms with Gasteiger partial charge in [0.05, 0.1) is 11.6 Å². The van der Waals surface area contributed by atoms with Crippen molar-refractivity contribution in [3.05, 3.63) is 112 Å². The van der Waals surface area contributed by atoms with Gasteiger partial charge in [-0.25, -0.2) is 0 Å². The molecule has 4 nitrogen and oxygen atoms in total. The summed E-state index contributed by atoms with van der Waals surface area (Å²) in [5, 5.41) is 11.5. The van der Waals surface area contributed by atoms with Crippen LogP contribution in [0.25, 0.3) is 5.76 Å². The third-order valence-electron chi connectivity index (χ3n) is 5.26. The quantitative estimate of drug-likeness (QED) is 0.361. The lowest BCUT2D eigenvalue weighted by Crippen LogP contribution is -2.31. The van der Waals surface area contributed by atoms with Crippen LogP contribution in [0.3, 0.4) is 0 Å². The number of nitrogens with zero attached hydrogens (tertiary/aromatic N) is 1. The monoisotopic (exact) mass is 417 g/mol. The van der Waals surface area contributed by atoms with Gasteiger partial charge in [-0.05, 0) is 29.7 Å². The van der Waals surface area contributed by atoms with E-state index in [0.717, 1.165) is 11.1 Å². The van der Waals surface area contributed by atoms with Crippen LogP contribution in [-0.2, 0) is 16.0 Å². The number of amides is 1. The molecule has 0 unspecified atom stereocenters. The van der Waals surface area contributed by atoms with Crippen molar-refractivity contribution in [2.24, 2.45) is 0 Å². The SMILES string of the molecule is O=C1C(=O)N(CCc2ccccc2)[C@H](c2ccc(Cl)cc2)C1=C(O)c1ccccc1. The highest BCUT2D eigenvalue weighted by Crippen LogP contribution is 2.39. The Morgan fingerprint density at radius 1 is 0.867 bits per heavy atom. The fourth-order valence-corrected chi connectivity index (χ4v) is 3.87. The molecule has 1 saturated heterocycles. The first kappa shape index (κ1) is 19.9. The van der Waals surface area contributed by atoms with E-state index in [9.17, 15) is 14.7 Å². The number of aliphatic hydroxyl groups excluding tert-OH is 1. The molecule has 0 spiro atoms. The molecule has 3 aromatic rings. The highest BCUT2D eigenvalue weighted by molar-refractivity contribution is 6.46. The molecule has 1 N–H and O–H groups in total. The molecular weight excluding hydrogens is 398 g/mol. The molecule has 0 aliphatic carbocycles. The number of ketones is 1. The molecule has 5 heteroatoms. The minimum absolute atomic E-state index is 0.0987. The second-order valence-electron chi connectivity index (χ2n) is 7.15. The van der Waals surface area contributed by atoms with E-state index in [4.69, 9.17) is 11.6 Å². The van der Waals surface area contributed by atoms with Crippen molar-refractivity contribution < 1.29 is 14.7 Å². The van der Waals surface area contributed by atoms with E-state index in [1.165, 1.54) is 4.90 Å². The number of halogens is 1. The van der Waals surface area contributed by atoms with E-state index < -0.39 is 17.7 Å². The number of hydrogen-bond donors (Lipinski definition) is 1. The first-order valence-corrected chi connectivity index (χ1v) is 10.1. The van der Waals surface area contributed by atoms with Crippen molar-refractivity contribution in [2.75, 3.05) is 6.54 Å². The average Bonchev–Trinajstić information content (AvgIpc) is 3.04. The standard InChI is InChI=1S/C25H20ClNO3/c26-20-13-11-18(12-14-20)22-21(23(28)19-9-5-2-6-10-19)24(29)25(30)27(22)16-15-17-7-3-1-4-8-17/h1-14,22,28H,15-16H2/t22-/m1/s1. The van der Waals surface area contributed by atoms with E-state index in [1.807, 2.05) is 36.4 Å². The van der Waals surface area contributed by atoms with Gasteiger partial charge in [0.2, 0.25) is 0 Å². The third kappa shape index (κ3) is 3.87. The molecule has 0 saturated carbocycles. The summed E-state index contributed by atoms with van der Waals surface area (Å²) >= 11 is 6.04. The van der Waals surface area contributed by atoms with Crippen LogP contribution in [0.2, 0.25) is 5.02 Å². The molecule has 4 rings (SSSR count). The summed E-state index contributed by atoms with van der Waals surface area (Å²) in [6, 6.07) is 24.9. The first-order valence-electron chi connectivity index (χ1n) is 9.69. The molecule has 0 bridgehead atoms. The maximum atomic E-state index is 13.0. The summed E-state index contributed by atoms with van der Waals surface area (Å²) in [5.74, 6) is -1.45. The predicted molar refractivity (Wildman–Crippen MR) is 117 cm³/mol. The van der Waals surface area contributed by atoms with Crippen LogP contribution in [0.15, 0.2) is 90.5 Å². The van der Waals surface area contributed by atoms with Crippen LogP contribution >= 0.6 is 11.6 Å². The van der Waals surface area contributed by atoms with Gasteiger partial charge in [-0.1, -0.05) is 84.4 Å². The molecule has 0 aromatic heterocycles. The molecule has 150 valence electrons. The lowest BCUT2D eigenvalue weighted by Gasteiger charge is -2.25. The van der Waals surface area contributed by atoms with E-state index in [-0.39, 0.29) is 11.3 Å². The summed E-state index contributed by atoms with van der Waals surface area (Å²) in [6.45, 7) is 0.355. The van der Waals surface area contributed by atoms with E-state index >= 15 is 0 Å². The van der Waals surface area contributed by atoms with E-state index in [2.05, 4.69) is 0 Å². The van der Waals surface area contributed by atoms with Gasteiger partial charge in [-0.2, -0.15) is 0 Å². The average molecular weight is 418 g/mol. The maximum absolute atomic E-state index is 13.0. The Morgan fingerprint density at radius 2 is 1.47 bits per heavy atom. The molecule has 30 heavy (non-hydrogen) atoms. The van der Waals surface area contributed by atoms with Crippen molar-refractivity contribution in [1.29, 1.82) is 0 Å². The number of hydrogen-bond acceptors (Lipinski definition) is 3. The number of carbonyl (C=O) groups is 2. The number of carbonyl (C=O) groups excluding carboxylic acids is 2. The molecule has 1 aliphatic rings. The Bertz CT molecular complexity index is 1090. The van der Waals surface area contributed by atoms with Crippen molar-refractivity contribution in [1.82, 2.24) is 4.90 Å². The summed E-state index contributed by atoms with van der Waals surface area (Å²) in [5.41, 5.74) is 2.39. The lowest BCUT2D eigenvalue weighted by atomic mass is 9.95. The van der Waals surface area contributed by atoms with Gasteiger partial charge in [-0.3, -0.25) is 9.59 Å². The van der Waals surface area contributed by atoms with Crippen molar-refractivity contribution in [3.63, 3.8) is 0 Å². The molecule has 1 atom stereocenters. The third-order valence-corrected chi connectivity index (χ3v) is 5.51. The Hall–Kier alpha value is -3.37. The molecule has 3 aromatic carbocycles. The fourth-order valence-electron chi connectivity index (χ4n) is 3.75. The Balaban J connectivity index is 1.78. The molecular formula is C25H20ClNO3. The van der Waals surface area contributed by atoms with E-state index in [0.29, 0.717) is 23.6 Å². The summed E-state index contributed by atoms with van der Waals surface area (Å²) < 4.78 is 0. The zero-order chi connectivity index (χ0) is 21.1. The van der Waals surface area contributed by atoms with Crippen molar-refractivity contribution >= 4 is 29.1 Å². The Kier molecular flexibility index (Phi) is 5.68. The van der Waals surface area contributed by atoms with Crippen LogP contribution in [-0.4, -0.2) is 28.2 Å². The van der Waals surface area contributed by atoms with Gasteiger partial charge < -0.3 is 10.0 Å². The first-order chi connectivity index (χ1) is 14.6. The van der Waals surface area contributed by atoms with Crippen LogP contribution in [0, 0.1) is 0 Å². The summed E-state index contributed by atoms with van der Waals surface area (Å²) in [4.78, 5) is 27.4. The highest BCUT2D eigenvalue weighted by atomic mass is 35.5. The van der Waals surface area contributed by atoms with Gasteiger partial charge in [0.15, 0.2) is 0 Å². The molecule has 1 fully saturated rings. The Morgan fingerprint density at radius 3 is 2.10 bits per heavy atom. The normalized spacial score (nSPS) is 18.0. The van der Waals surface area contributed by atoms with Crippen LogP contribution in [0.4, 0.5) is 0 Å². The number of aliphatic hydroxyl groups is 1. The smallest absolute Gasteiger partial charge is 0.295 e. The fraction of sp³-hybridized carbons (Fsp3) is 0.120.